The Morgan fingerprint density at radius 1 is 1.25 bits per heavy atom. The van der Waals surface area contributed by atoms with Gasteiger partial charge in [-0.05, 0) is 25.2 Å². The van der Waals surface area contributed by atoms with E-state index in [0.717, 1.165) is 12.1 Å². The molecule has 0 unspecified atom stereocenters. The Bertz CT molecular complexity index is 251. The van der Waals surface area contributed by atoms with Crippen molar-refractivity contribution in [3.63, 3.8) is 0 Å². The summed E-state index contributed by atoms with van der Waals surface area (Å²) in [5.74, 6) is 0. The van der Waals surface area contributed by atoms with Crippen molar-refractivity contribution < 1.29 is 0 Å². The summed E-state index contributed by atoms with van der Waals surface area (Å²) in [6.07, 6.45) is 0. The van der Waals surface area contributed by atoms with Crippen molar-refractivity contribution in [3.8, 4) is 0 Å². The minimum absolute atomic E-state index is 0.984. The van der Waals surface area contributed by atoms with Crippen LogP contribution in [0.3, 0.4) is 0 Å². The second-order valence-corrected chi connectivity index (χ2v) is 3.33. The first-order valence-corrected chi connectivity index (χ1v) is 4.38. The molecule has 0 radical (unpaired) electrons. The molecule has 2 heteroatoms. The number of benzene rings is 1. The molecule has 1 aromatic rings. The first-order chi connectivity index (χ1) is 5.72. The molecule has 1 rings (SSSR count). The van der Waals surface area contributed by atoms with Crippen molar-refractivity contribution in [2.75, 3.05) is 14.1 Å². The van der Waals surface area contributed by atoms with Crippen LogP contribution in [0, 0.1) is 0 Å². The standard InChI is InChI=1S/C10H13NS/c1-11(2)7-9-3-5-10(8-12)6-4-9/h3-6,8H,7H2,1-2H3. The summed E-state index contributed by atoms with van der Waals surface area (Å²) in [6, 6.07) is 8.31. The summed E-state index contributed by atoms with van der Waals surface area (Å²) < 4.78 is 0. The van der Waals surface area contributed by atoms with Gasteiger partial charge in [0.1, 0.15) is 0 Å². The molecule has 12 heavy (non-hydrogen) atoms. The molecule has 1 nitrogen and oxygen atoms in total. The predicted octanol–water partition coefficient (Wildman–Crippen LogP) is 2.10. The van der Waals surface area contributed by atoms with Crippen LogP contribution in [0.15, 0.2) is 24.3 Å². The molecule has 0 amide bonds. The van der Waals surface area contributed by atoms with Gasteiger partial charge >= 0.3 is 0 Å². The maximum atomic E-state index is 4.81. The zero-order valence-corrected chi connectivity index (χ0v) is 8.27. The molecular weight excluding hydrogens is 166 g/mol. The van der Waals surface area contributed by atoms with E-state index in [9.17, 15) is 0 Å². The van der Waals surface area contributed by atoms with E-state index in [0.29, 0.717) is 0 Å². The molecular formula is C10H13NS. The summed E-state index contributed by atoms with van der Waals surface area (Å²) in [7, 11) is 4.13. The van der Waals surface area contributed by atoms with E-state index in [4.69, 9.17) is 12.2 Å². The smallest absolute Gasteiger partial charge is 0.0227 e. The first kappa shape index (κ1) is 9.36. The Morgan fingerprint density at radius 3 is 2.25 bits per heavy atom. The van der Waals surface area contributed by atoms with E-state index in [-0.39, 0.29) is 0 Å². The molecule has 0 aliphatic carbocycles. The van der Waals surface area contributed by atoms with E-state index in [1.807, 2.05) is 12.1 Å². The van der Waals surface area contributed by atoms with Crippen molar-refractivity contribution in [1.29, 1.82) is 0 Å². The van der Waals surface area contributed by atoms with Gasteiger partial charge in [-0.25, -0.2) is 0 Å². The number of rotatable bonds is 3. The van der Waals surface area contributed by atoms with Gasteiger partial charge < -0.3 is 4.90 Å². The quantitative estimate of drug-likeness (QED) is 0.654. The summed E-state index contributed by atoms with van der Waals surface area (Å²) in [6.45, 7) is 0.984. The lowest BCUT2D eigenvalue weighted by atomic mass is 10.1. The van der Waals surface area contributed by atoms with Gasteiger partial charge in [0.2, 0.25) is 0 Å². The third-order valence-electron chi connectivity index (χ3n) is 1.61. The fraction of sp³-hybridized carbons (Fsp3) is 0.300. The molecule has 0 heterocycles. The molecule has 0 aliphatic heterocycles. The van der Waals surface area contributed by atoms with Crippen molar-refractivity contribution in [2.45, 2.75) is 6.54 Å². The fourth-order valence-corrected chi connectivity index (χ4v) is 1.22. The van der Waals surface area contributed by atoms with E-state index < -0.39 is 0 Å². The van der Waals surface area contributed by atoms with E-state index in [1.54, 1.807) is 5.37 Å². The normalized spacial score (nSPS) is 10.2. The average molecular weight is 179 g/mol. The average Bonchev–Trinajstić information content (AvgIpc) is 2.05. The third kappa shape index (κ3) is 2.72. The van der Waals surface area contributed by atoms with Crippen molar-refractivity contribution in [3.05, 3.63) is 35.4 Å². The van der Waals surface area contributed by atoms with Crippen molar-refractivity contribution in [2.24, 2.45) is 0 Å². The van der Waals surface area contributed by atoms with E-state index >= 15 is 0 Å². The lowest BCUT2D eigenvalue weighted by Gasteiger charge is -2.08. The molecule has 0 bridgehead atoms. The Balaban J connectivity index is 2.71. The summed E-state index contributed by atoms with van der Waals surface area (Å²) in [4.78, 5) is 2.15. The van der Waals surface area contributed by atoms with E-state index in [1.165, 1.54) is 5.56 Å². The van der Waals surface area contributed by atoms with Gasteiger partial charge in [-0.3, -0.25) is 0 Å². The Labute approximate surface area is 79.0 Å². The Morgan fingerprint density at radius 2 is 1.83 bits per heavy atom. The topological polar surface area (TPSA) is 3.24 Å². The first-order valence-electron chi connectivity index (χ1n) is 3.91. The van der Waals surface area contributed by atoms with Gasteiger partial charge in [0.15, 0.2) is 0 Å². The van der Waals surface area contributed by atoms with Crippen molar-refractivity contribution >= 4 is 17.6 Å². The third-order valence-corrected chi connectivity index (χ3v) is 1.89. The van der Waals surface area contributed by atoms with Crippen LogP contribution in [0.5, 0.6) is 0 Å². The number of thiocarbonyl (C=S) groups is 1. The fourth-order valence-electron chi connectivity index (χ4n) is 1.07. The molecule has 0 aromatic heterocycles. The summed E-state index contributed by atoms with van der Waals surface area (Å²) in [5.41, 5.74) is 2.42. The van der Waals surface area contributed by atoms with Gasteiger partial charge in [-0.15, -0.1) is 0 Å². The van der Waals surface area contributed by atoms with Crippen LogP contribution in [0.2, 0.25) is 0 Å². The molecule has 0 spiro atoms. The van der Waals surface area contributed by atoms with Crippen LogP contribution in [0.25, 0.3) is 0 Å². The van der Waals surface area contributed by atoms with Crippen LogP contribution in [-0.2, 0) is 6.54 Å². The van der Waals surface area contributed by atoms with Gasteiger partial charge in [-0.2, -0.15) is 0 Å². The molecule has 0 saturated heterocycles. The van der Waals surface area contributed by atoms with Crippen LogP contribution in [-0.4, -0.2) is 24.4 Å². The monoisotopic (exact) mass is 179 g/mol. The Kier molecular flexibility index (Phi) is 3.38. The van der Waals surface area contributed by atoms with Gasteiger partial charge in [0, 0.05) is 11.9 Å². The van der Waals surface area contributed by atoms with Gasteiger partial charge in [-0.1, -0.05) is 36.5 Å². The molecule has 0 N–H and O–H groups in total. The lowest BCUT2D eigenvalue weighted by Crippen LogP contribution is -2.10. The van der Waals surface area contributed by atoms with Crippen LogP contribution in [0.1, 0.15) is 11.1 Å². The zero-order chi connectivity index (χ0) is 8.97. The number of hydrogen-bond donors (Lipinski definition) is 0. The minimum atomic E-state index is 0.984. The zero-order valence-electron chi connectivity index (χ0n) is 7.45. The predicted molar refractivity (Wildman–Crippen MR) is 56.6 cm³/mol. The largest absolute Gasteiger partial charge is 0.305 e. The number of hydrogen-bond acceptors (Lipinski definition) is 2. The second kappa shape index (κ2) is 4.33. The summed E-state index contributed by atoms with van der Waals surface area (Å²) >= 11 is 4.81. The van der Waals surface area contributed by atoms with E-state index in [2.05, 4.69) is 31.1 Å². The molecule has 0 fully saturated rings. The number of nitrogens with zero attached hydrogens (tertiary/aromatic N) is 1. The highest BCUT2D eigenvalue weighted by Gasteiger charge is 1.93. The molecule has 0 aliphatic rings. The Hall–Kier alpha value is -0.730. The molecule has 64 valence electrons. The highest BCUT2D eigenvalue weighted by molar-refractivity contribution is 7.79. The van der Waals surface area contributed by atoms with Crippen LogP contribution in [0.4, 0.5) is 0 Å². The lowest BCUT2D eigenvalue weighted by molar-refractivity contribution is 0.402. The van der Waals surface area contributed by atoms with Crippen molar-refractivity contribution in [1.82, 2.24) is 4.90 Å². The maximum Gasteiger partial charge on any atom is 0.0227 e. The highest BCUT2D eigenvalue weighted by Crippen LogP contribution is 2.04. The minimum Gasteiger partial charge on any atom is -0.305 e. The van der Waals surface area contributed by atoms with Crippen LogP contribution < -0.4 is 0 Å². The summed E-state index contributed by atoms with van der Waals surface area (Å²) in [5, 5.41) is 1.69. The maximum absolute atomic E-state index is 4.81. The van der Waals surface area contributed by atoms with Gasteiger partial charge in [0.25, 0.3) is 0 Å². The molecule has 1 aromatic carbocycles. The SMILES string of the molecule is CN(C)Cc1ccc(C=S)cc1. The molecule has 0 atom stereocenters. The van der Waals surface area contributed by atoms with Gasteiger partial charge in [0.05, 0.1) is 0 Å². The highest BCUT2D eigenvalue weighted by atomic mass is 32.1. The molecule has 0 saturated carbocycles. The van der Waals surface area contributed by atoms with Crippen LogP contribution >= 0.6 is 12.2 Å². The second-order valence-electron chi connectivity index (χ2n) is 3.10.